The standard InChI is InChI=1S/C21H26BrNO3/c1-5-15-10-8-9-14(4)21(15)23-20(24)12-16-11-18(25-6-2)19(26-7-3)13-17(16)22/h8-11,13H,5-7,12H2,1-4H3,(H,23,24). The van der Waals surface area contributed by atoms with Gasteiger partial charge in [-0.25, -0.2) is 0 Å². The van der Waals surface area contributed by atoms with Crippen LogP contribution in [0.15, 0.2) is 34.8 Å². The summed E-state index contributed by atoms with van der Waals surface area (Å²) in [5.74, 6) is 1.28. The van der Waals surface area contributed by atoms with Gasteiger partial charge < -0.3 is 14.8 Å². The molecule has 0 aromatic heterocycles. The molecule has 1 amide bonds. The number of para-hydroxylation sites is 1. The molecule has 0 atom stereocenters. The zero-order valence-electron chi connectivity index (χ0n) is 15.8. The van der Waals surface area contributed by atoms with Gasteiger partial charge in [0.1, 0.15) is 0 Å². The van der Waals surface area contributed by atoms with Crippen LogP contribution in [0, 0.1) is 6.92 Å². The van der Waals surface area contributed by atoms with Crippen molar-refractivity contribution >= 4 is 27.5 Å². The molecule has 2 aromatic carbocycles. The highest BCUT2D eigenvalue weighted by atomic mass is 79.9. The molecule has 1 N–H and O–H groups in total. The van der Waals surface area contributed by atoms with Crippen LogP contribution in [-0.4, -0.2) is 19.1 Å². The van der Waals surface area contributed by atoms with Crippen LogP contribution in [0.3, 0.4) is 0 Å². The maximum atomic E-state index is 12.6. The molecule has 0 aliphatic rings. The van der Waals surface area contributed by atoms with Crippen LogP contribution in [0.1, 0.15) is 37.5 Å². The molecule has 2 aromatic rings. The quantitative estimate of drug-likeness (QED) is 0.631. The molecule has 0 aliphatic carbocycles. The van der Waals surface area contributed by atoms with Gasteiger partial charge in [0.05, 0.1) is 19.6 Å². The molecule has 4 nitrogen and oxygen atoms in total. The van der Waals surface area contributed by atoms with E-state index in [1.54, 1.807) is 0 Å². The fourth-order valence-corrected chi connectivity index (χ4v) is 3.27. The topological polar surface area (TPSA) is 47.6 Å². The van der Waals surface area contributed by atoms with E-state index in [0.29, 0.717) is 24.7 Å². The number of carbonyl (C=O) groups excluding carboxylic acids is 1. The zero-order valence-corrected chi connectivity index (χ0v) is 17.4. The molecule has 0 unspecified atom stereocenters. The summed E-state index contributed by atoms with van der Waals surface area (Å²) in [5, 5.41) is 3.06. The molecule has 0 saturated heterocycles. The Labute approximate surface area is 164 Å². The minimum Gasteiger partial charge on any atom is -0.490 e. The van der Waals surface area contributed by atoms with E-state index in [1.807, 2.05) is 51.1 Å². The van der Waals surface area contributed by atoms with E-state index in [-0.39, 0.29) is 12.3 Å². The Kier molecular flexibility index (Phi) is 7.51. The molecule has 2 rings (SSSR count). The van der Waals surface area contributed by atoms with Crippen molar-refractivity contribution in [2.45, 2.75) is 40.5 Å². The average molecular weight is 420 g/mol. The predicted molar refractivity (Wildman–Crippen MR) is 109 cm³/mol. The summed E-state index contributed by atoms with van der Waals surface area (Å²) in [4.78, 5) is 12.6. The lowest BCUT2D eigenvalue weighted by atomic mass is 10.1. The first kappa shape index (κ1) is 20.3. The molecule has 0 spiro atoms. The van der Waals surface area contributed by atoms with Crippen molar-refractivity contribution in [3.8, 4) is 11.5 Å². The molecule has 0 saturated carbocycles. The number of hydrogen-bond acceptors (Lipinski definition) is 3. The van der Waals surface area contributed by atoms with E-state index in [1.165, 1.54) is 0 Å². The van der Waals surface area contributed by atoms with Crippen molar-refractivity contribution in [2.24, 2.45) is 0 Å². The molecule has 0 heterocycles. The normalized spacial score (nSPS) is 10.5. The van der Waals surface area contributed by atoms with Crippen LogP contribution in [-0.2, 0) is 17.6 Å². The summed E-state index contributed by atoms with van der Waals surface area (Å²) in [5.41, 5.74) is 3.98. The van der Waals surface area contributed by atoms with Gasteiger partial charge in [-0.15, -0.1) is 0 Å². The van der Waals surface area contributed by atoms with Crippen LogP contribution in [0.5, 0.6) is 11.5 Å². The number of halogens is 1. The minimum absolute atomic E-state index is 0.0543. The number of carbonyl (C=O) groups is 1. The molecule has 0 radical (unpaired) electrons. The lowest BCUT2D eigenvalue weighted by Gasteiger charge is -2.16. The summed E-state index contributed by atoms with van der Waals surface area (Å²) in [7, 11) is 0. The number of benzene rings is 2. The van der Waals surface area contributed by atoms with Gasteiger partial charge >= 0.3 is 0 Å². The third kappa shape index (κ3) is 5.01. The fourth-order valence-electron chi connectivity index (χ4n) is 2.81. The Balaban J connectivity index is 2.22. The van der Waals surface area contributed by atoms with Crippen molar-refractivity contribution in [2.75, 3.05) is 18.5 Å². The molecule has 0 bridgehead atoms. The van der Waals surface area contributed by atoms with Crippen molar-refractivity contribution in [3.05, 3.63) is 51.5 Å². The third-order valence-corrected chi connectivity index (χ3v) is 4.81. The lowest BCUT2D eigenvalue weighted by molar-refractivity contribution is -0.115. The minimum atomic E-state index is -0.0543. The molecule has 5 heteroatoms. The van der Waals surface area contributed by atoms with Crippen molar-refractivity contribution in [1.29, 1.82) is 0 Å². The Hall–Kier alpha value is -2.01. The largest absolute Gasteiger partial charge is 0.490 e. The third-order valence-electron chi connectivity index (χ3n) is 4.07. The van der Waals surface area contributed by atoms with Gasteiger partial charge in [0.15, 0.2) is 11.5 Å². The zero-order chi connectivity index (χ0) is 19.1. The van der Waals surface area contributed by atoms with Gasteiger partial charge in [0.25, 0.3) is 0 Å². The highest BCUT2D eigenvalue weighted by Gasteiger charge is 2.15. The van der Waals surface area contributed by atoms with Crippen LogP contribution in [0.4, 0.5) is 5.69 Å². The molecule has 26 heavy (non-hydrogen) atoms. The second kappa shape index (κ2) is 9.62. The van der Waals surface area contributed by atoms with E-state index in [4.69, 9.17) is 9.47 Å². The molecular formula is C21H26BrNO3. The smallest absolute Gasteiger partial charge is 0.228 e. The molecular weight excluding hydrogens is 394 g/mol. The van der Waals surface area contributed by atoms with E-state index in [0.717, 1.165) is 33.3 Å². The van der Waals surface area contributed by atoms with Crippen LogP contribution >= 0.6 is 15.9 Å². The molecule has 0 aliphatic heterocycles. The lowest BCUT2D eigenvalue weighted by Crippen LogP contribution is -2.17. The van der Waals surface area contributed by atoms with Crippen molar-refractivity contribution in [3.63, 3.8) is 0 Å². The number of aryl methyl sites for hydroxylation is 2. The summed E-state index contributed by atoms with van der Waals surface area (Å²) < 4.78 is 12.1. The highest BCUT2D eigenvalue weighted by molar-refractivity contribution is 9.10. The Morgan fingerprint density at radius 1 is 1.04 bits per heavy atom. The monoisotopic (exact) mass is 419 g/mol. The van der Waals surface area contributed by atoms with Gasteiger partial charge in [-0.3, -0.25) is 4.79 Å². The van der Waals surface area contributed by atoms with Gasteiger partial charge in [0.2, 0.25) is 5.91 Å². The summed E-state index contributed by atoms with van der Waals surface area (Å²) >= 11 is 3.54. The number of amides is 1. The number of anilines is 1. The number of nitrogens with one attached hydrogen (secondary N) is 1. The second-order valence-electron chi connectivity index (χ2n) is 5.94. The average Bonchev–Trinajstić information content (AvgIpc) is 2.61. The molecule has 140 valence electrons. The van der Waals surface area contributed by atoms with Crippen LogP contribution in [0.2, 0.25) is 0 Å². The number of hydrogen-bond donors (Lipinski definition) is 1. The fraction of sp³-hybridized carbons (Fsp3) is 0.381. The van der Waals surface area contributed by atoms with Gasteiger partial charge in [-0.1, -0.05) is 41.1 Å². The maximum Gasteiger partial charge on any atom is 0.228 e. The van der Waals surface area contributed by atoms with E-state index >= 15 is 0 Å². The predicted octanol–water partition coefficient (Wildman–Crippen LogP) is 5.30. The second-order valence-corrected chi connectivity index (χ2v) is 6.80. The summed E-state index contributed by atoms with van der Waals surface area (Å²) in [6.45, 7) is 9.04. The number of ether oxygens (including phenoxy) is 2. The van der Waals surface area contributed by atoms with Crippen molar-refractivity contribution in [1.82, 2.24) is 0 Å². The van der Waals surface area contributed by atoms with Gasteiger partial charge in [-0.2, -0.15) is 0 Å². The van der Waals surface area contributed by atoms with E-state index in [2.05, 4.69) is 28.2 Å². The van der Waals surface area contributed by atoms with Crippen LogP contribution < -0.4 is 14.8 Å². The maximum absolute atomic E-state index is 12.6. The van der Waals surface area contributed by atoms with Crippen molar-refractivity contribution < 1.29 is 14.3 Å². The van der Waals surface area contributed by atoms with E-state index < -0.39 is 0 Å². The Morgan fingerprint density at radius 3 is 2.31 bits per heavy atom. The summed E-state index contributed by atoms with van der Waals surface area (Å²) in [6, 6.07) is 9.80. The molecule has 0 fully saturated rings. The van der Waals surface area contributed by atoms with Crippen LogP contribution in [0.25, 0.3) is 0 Å². The van der Waals surface area contributed by atoms with Gasteiger partial charge in [-0.05, 0) is 56.0 Å². The first-order chi connectivity index (χ1) is 12.5. The Morgan fingerprint density at radius 2 is 1.69 bits per heavy atom. The van der Waals surface area contributed by atoms with E-state index in [9.17, 15) is 4.79 Å². The summed E-state index contributed by atoms with van der Waals surface area (Å²) in [6.07, 6.45) is 1.13. The first-order valence-corrected chi connectivity index (χ1v) is 9.75. The number of rotatable bonds is 8. The Bertz CT molecular complexity index is 774. The van der Waals surface area contributed by atoms with Gasteiger partial charge in [0, 0.05) is 10.2 Å². The first-order valence-electron chi connectivity index (χ1n) is 8.96. The highest BCUT2D eigenvalue weighted by Crippen LogP contribution is 2.34. The SMILES string of the molecule is CCOc1cc(Br)c(CC(=O)Nc2c(C)cccc2CC)cc1OCC.